The second kappa shape index (κ2) is 8.54. The number of methoxy groups -OCH3 is 2. The van der Waals surface area contributed by atoms with Crippen LogP contribution in [-0.4, -0.2) is 23.8 Å². The minimum absolute atomic E-state index is 0.0910. The lowest BCUT2D eigenvalue weighted by Gasteiger charge is -2.24. The molecule has 26 heavy (non-hydrogen) atoms. The van der Waals surface area contributed by atoms with Gasteiger partial charge in [0.25, 0.3) is 0 Å². The van der Waals surface area contributed by atoms with Crippen molar-refractivity contribution in [2.24, 2.45) is 0 Å². The molecule has 0 spiro atoms. The molecule has 0 aliphatic rings. The van der Waals surface area contributed by atoms with Crippen LogP contribution in [0.3, 0.4) is 0 Å². The molecule has 0 aliphatic carbocycles. The van der Waals surface area contributed by atoms with E-state index in [4.69, 9.17) is 14.2 Å². The van der Waals surface area contributed by atoms with Gasteiger partial charge in [0.1, 0.15) is 17.7 Å². The maximum Gasteiger partial charge on any atom is 0.132 e. The Balaban J connectivity index is 1.81. The van der Waals surface area contributed by atoms with Gasteiger partial charge in [-0.15, -0.1) is 0 Å². The molecule has 0 amide bonds. The Labute approximate surface area is 154 Å². The molecule has 5 heteroatoms. The quantitative estimate of drug-likeness (QED) is 0.602. The number of aromatic nitrogens is 2. The molecule has 0 fully saturated rings. The van der Waals surface area contributed by atoms with Crippen molar-refractivity contribution in [1.29, 1.82) is 0 Å². The van der Waals surface area contributed by atoms with Crippen LogP contribution >= 0.6 is 0 Å². The van der Waals surface area contributed by atoms with Gasteiger partial charge >= 0.3 is 0 Å². The second-order valence-electron chi connectivity index (χ2n) is 6.06. The van der Waals surface area contributed by atoms with E-state index in [-0.39, 0.29) is 12.3 Å². The zero-order valence-electron chi connectivity index (χ0n) is 15.3. The summed E-state index contributed by atoms with van der Waals surface area (Å²) in [7, 11) is 3.34. The first-order valence-electron chi connectivity index (χ1n) is 8.59. The van der Waals surface area contributed by atoms with Crippen LogP contribution in [0.2, 0.25) is 0 Å². The third-order valence-corrected chi connectivity index (χ3v) is 4.37. The summed E-state index contributed by atoms with van der Waals surface area (Å²) in [5.41, 5.74) is 2.29. The number of benzene rings is 2. The highest BCUT2D eigenvalue weighted by atomic mass is 16.5. The van der Waals surface area contributed by atoms with Gasteiger partial charge in [-0.2, -0.15) is 0 Å². The fraction of sp³-hybridized carbons (Fsp3) is 0.286. The standard InChI is InChI=1S/C21H24N2O3/c1-16(23-13-12-22-15-23)26-21(18-6-10-20(25-3)11-7-18)14-17-4-8-19(24-2)9-5-17/h4-13,15-16,21H,14H2,1-3H3. The highest BCUT2D eigenvalue weighted by molar-refractivity contribution is 5.31. The number of hydrogen-bond donors (Lipinski definition) is 0. The molecule has 2 aromatic carbocycles. The van der Waals surface area contributed by atoms with E-state index in [1.807, 2.05) is 54.1 Å². The van der Waals surface area contributed by atoms with Crippen LogP contribution in [-0.2, 0) is 11.2 Å². The van der Waals surface area contributed by atoms with Gasteiger partial charge in [-0.1, -0.05) is 24.3 Å². The van der Waals surface area contributed by atoms with Crippen molar-refractivity contribution in [2.45, 2.75) is 25.7 Å². The van der Waals surface area contributed by atoms with E-state index in [1.54, 1.807) is 26.7 Å². The molecule has 2 unspecified atom stereocenters. The predicted octanol–water partition coefficient (Wildman–Crippen LogP) is 4.42. The summed E-state index contributed by atoms with van der Waals surface area (Å²) in [5, 5.41) is 0. The summed E-state index contributed by atoms with van der Waals surface area (Å²) in [6.07, 6.45) is 5.97. The van der Waals surface area contributed by atoms with Gasteiger partial charge < -0.3 is 18.8 Å². The van der Waals surface area contributed by atoms with E-state index < -0.39 is 0 Å². The van der Waals surface area contributed by atoms with Crippen LogP contribution in [0.15, 0.2) is 67.3 Å². The summed E-state index contributed by atoms with van der Waals surface area (Å²) >= 11 is 0. The molecule has 0 aliphatic heterocycles. The fourth-order valence-electron chi connectivity index (χ4n) is 2.83. The molecule has 2 atom stereocenters. The van der Waals surface area contributed by atoms with E-state index in [9.17, 15) is 0 Å². The Morgan fingerprint density at radius 1 is 0.923 bits per heavy atom. The van der Waals surface area contributed by atoms with Crippen molar-refractivity contribution in [3.63, 3.8) is 0 Å². The van der Waals surface area contributed by atoms with Crippen LogP contribution in [0.1, 0.15) is 30.4 Å². The van der Waals surface area contributed by atoms with E-state index in [0.717, 1.165) is 23.5 Å². The lowest BCUT2D eigenvalue weighted by Crippen LogP contribution is -2.15. The zero-order valence-corrected chi connectivity index (χ0v) is 15.3. The lowest BCUT2D eigenvalue weighted by molar-refractivity contribution is -0.0445. The van der Waals surface area contributed by atoms with E-state index in [2.05, 4.69) is 17.1 Å². The molecule has 136 valence electrons. The first-order valence-corrected chi connectivity index (χ1v) is 8.59. The van der Waals surface area contributed by atoms with Gasteiger partial charge in [0.2, 0.25) is 0 Å². The predicted molar refractivity (Wildman–Crippen MR) is 100 cm³/mol. The second-order valence-corrected chi connectivity index (χ2v) is 6.06. The normalized spacial score (nSPS) is 13.2. The maximum absolute atomic E-state index is 6.37. The maximum atomic E-state index is 6.37. The van der Waals surface area contributed by atoms with Crippen molar-refractivity contribution in [1.82, 2.24) is 9.55 Å². The van der Waals surface area contributed by atoms with Crippen LogP contribution in [0, 0.1) is 0 Å². The Morgan fingerprint density at radius 2 is 1.54 bits per heavy atom. The first-order chi connectivity index (χ1) is 12.7. The average molecular weight is 352 g/mol. The molecule has 0 N–H and O–H groups in total. The Hall–Kier alpha value is -2.79. The molecule has 0 bridgehead atoms. The number of ether oxygens (including phenoxy) is 3. The van der Waals surface area contributed by atoms with Gasteiger partial charge in [-0.25, -0.2) is 4.98 Å². The summed E-state index contributed by atoms with van der Waals surface area (Å²) in [6.45, 7) is 2.02. The average Bonchev–Trinajstić information content (AvgIpc) is 3.23. The molecule has 0 saturated carbocycles. The third kappa shape index (κ3) is 4.43. The largest absolute Gasteiger partial charge is 0.497 e. The molecule has 1 heterocycles. The topological polar surface area (TPSA) is 45.5 Å². The number of imidazole rings is 1. The minimum Gasteiger partial charge on any atom is -0.497 e. The van der Waals surface area contributed by atoms with Crippen molar-refractivity contribution in [3.8, 4) is 11.5 Å². The zero-order chi connectivity index (χ0) is 18.4. The van der Waals surface area contributed by atoms with Crippen molar-refractivity contribution < 1.29 is 14.2 Å². The first kappa shape index (κ1) is 18.0. The molecule has 0 radical (unpaired) electrons. The smallest absolute Gasteiger partial charge is 0.132 e. The molecule has 0 saturated heterocycles. The number of hydrogen-bond acceptors (Lipinski definition) is 4. The van der Waals surface area contributed by atoms with Crippen molar-refractivity contribution >= 4 is 0 Å². The third-order valence-electron chi connectivity index (χ3n) is 4.37. The van der Waals surface area contributed by atoms with E-state index in [1.165, 1.54) is 5.56 Å². The van der Waals surface area contributed by atoms with Crippen molar-refractivity contribution in [3.05, 3.63) is 78.4 Å². The molecular weight excluding hydrogens is 328 g/mol. The number of rotatable bonds is 8. The molecular formula is C21H24N2O3. The summed E-state index contributed by atoms with van der Waals surface area (Å²) in [6, 6.07) is 16.1. The number of nitrogens with zero attached hydrogens (tertiary/aromatic N) is 2. The highest BCUT2D eigenvalue weighted by Gasteiger charge is 2.17. The molecule has 5 nitrogen and oxygen atoms in total. The van der Waals surface area contributed by atoms with Crippen LogP contribution < -0.4 is 9.47 Å². The van der Waals surface area contributed by atoms with Gasteiger partial charge in [0.05, 0.1) is 26.7 Å². The van der Waals surface area contributed by atoms with Crippen LogP contribution in [0.25, 0.3) is 0 Å². The molecule has 1 aromatic heterocycles. The van der Waals surface area contributed by atoms with Crippen molar-refractivity contribution in [2.75, 3.05) is 14.2 Å². The monoisotopic (exact) mass is 352 g/mol. The minimum atomic E-state index is -0.122. The molecule has 3 rings (SSSR count). The summed E-state index contributed by atoms with van der Waals surface area (Å²) in [5.74, 6) is 1.68. The molecule has 3 aromatic rings. The van der Waals surface area contributed by atoms with Crippen LogP contribution in [0.5, 0.6) is 11.5 Å². The SMILES string of the molecule is COc1ccc(CC(OC(C)n2ccnc2)c2ccc(OC)cc2)cc1. The Morgan fingerprint density at radius 3 is 2.08 bits per heavy atom. The lowest BCUT2D eigenvalue weighted by atomic mass is 10.0. The van der Waals surface area contributed by atoms with Gasteiger partial charge in [0.15, 0.2) is 0 Å². The van der Waals surface area contributed by atoms with E-state index in [0.29, 0.717) is 0 Å². The summed E-state index contributed by atoms with van der Waals surface area (Å²) in [4.78, 5) is 4.10. The van der Waals surface area contributed by atoms with Gasteiger partial charge in [0, 0.05) is 18.8 Å². The summed E-state index contributed by atoms with van der Waals surface area (Å²) < 4.78 is 18.8. The fourth-order valence-corrected chi connectivity index (χ4v) is 2.83. The Bertz CT molecular complexity index is 783. The Kier molecular flexibility index (Phi) is 5.92. The van der Waals surface area contributed by atoms with Gasteiger partial charge in [-0.3, -0.25) is 0 Å². The van der Waals surface area contributed by atoms with Gasteiger partial charge in [-0.05, 0) is 42.3 Å². The van der Waals surface area contributed by atoms with Crippen LogP contribution in [0.4, 0.5) is 0 Å². The van der Waals surface area contributed by atoms with E-state index >= 15 is 0 Å². The highest BCUT2D eigenvalue weighted by Crippen LogP contribution is 2.29.